The van der Waals surface area contributed by atoms with Crippen LogP contribution in [0.25, 0.3) is 11.3 Å². The molecule has 6 nitrogen and oxygen atoms in total. The van der Waals surface area contributed by atoms with Crippen molar-refractivity contribution in [3.8, 4) is 11.3 Å². The Morgan fingerprint density at radius 1 is 1.22 bits per heavy atom. The average molecular weight is 368 g/mol. The maximum absolute atomic E-state index is 12.2. The maximum atomic E-state index is 12.2. The van der Waals surface area contributed by atoms with E-state index < -0.39 is 11.4 Å². The van der Waals surface area contributed by atoms with Crippen LogP contribution in [-0.4, -0.2) is 40.1 Å². The van der Waals surface area contributed by atoms with Crippen LogP contribution in [0.15, 0.2) is 34.9 Å². The lowest BCUT2D eigenvalue weighted by Gasteiger charge is -2.38. The van der Waals surface area contributed by atoms with Crippen LogP contribution in [0.2, 0.25) is 0 Å². The van der Waals surface area contributed by atoms with Gasteiger partial charge in [-0.05, 0) is 32.6 Å². The van der Waals surface area contributed by atoms with Crippen LogP contribution in [0.1, 0.15) is 37.0 Å². The third-order valence-electron chi connectivity index (χ3n) is 5.83. The molecular weight excluding hydrogens is 344 g/mol. The molecule has 2 heterocycles. The molecule has 1 aliphatic carbocycles. The second-order valence-electron chi connectivity index (χ2n) is 7.91. The number of carboxylic acid groups (broad SMARTS) is 1. The SMILES string of the molecule is Cc1ccc(-c2cc(CC3(C(=O)O)CCN(C(=O)C4CC4)CC3)on2)cc1. The number of carbonyl (C=O) groups is 2. The molecule has 4 rings (SSSR count). The minimum atomic E-state index is -0.898. The highest BCUT2D eigenvalue weighted by Gasteiger charge is 2.45. The zero-order chi connectivity index (χ0) is 19.0. The number of aromatic nitrogens is 1. The number of rotatable bonds is 5. The van der Waals surface area contributed by atoms with E-state index in [1.807, 2.05) is 42.2 Å². The molecule has 0 unspecified atom stereocenters. The van der Waals surface area contributed by atoms with Crippen LogP contribution in [0.4, 0.5) is 0 Å². The fourth-order valence-corrected chi connectivity index (χ4v) is 3.80. The van der Waals surface area contributed by atoms with E-state index in [0.717, 1.165) is 18.4 Å². The van der Waals surface area contributed by atoms with Crippen molar-refractivity contribution in [2.75, 3.05) is 13.1 Å². The molecule has 2 aromatic rings. The largest absolute Gasteiger partial charge is 0.481 e. The van der Waals surface area contributed by atoms with Crippen molar-refractivity contribution < 1.29 is 19.2 Å². The summed E-state index contributed by atoms with van der Waals surface area (Å²) in [7, 11) is 0. The van der Waals surface area contributed by atoms with Gasteiger partial charge in [-0.2, -0.15) is 0 Å². The Balaban J connectivity index is 1.47. The average Bonchev–Trinajstić information content (AvgIpc) is 3.42. The van der Waals surface area contributed by atoms with Crippen molar-refractivity contribution in [1.29, 1.82) is 0 Å². The molecule has 142 valence electrons. The summed E-state index contributed by atoms with van der Waals surface area (Å²) in [5.41, 5.74) is 1.93. The molecule has 1 N–H and O–H groups in total. The van der Waals surface area contributed by atoms with Gasteiger partial charge < -0.3 is 14.5 Å². The highest BCUT2D eigenvalue weighted by atomic mass is 16.5. The van der Waals surface area contributed by atoms with E-state index in [1.54, 1.807) is 0 Å². The molecule has 1 saturated heterocycles. The van der Waals surface area contributed by atoms with Gasteiger partial charge in [-0.3, -0.25) is 9.59 Å². The van der Waals surface area contributed by atoms with Crippen LogP contribution in [-0.2, 0) is 16.0 Å². The van der Waals surface area contributed by atoms with E-state index in [9.17, 15) is 14.7 Å². The number of aryl methyl sites for hydroxylation is 1. The van der Waals surface area contributed by atoms with E-state index in [0.29, 0.717) is 43.8 Å². The third-order valence-corrected chi connectivity index (χ3v) is 5.83. The van der Waals surface area contributed by atoms with Crippen molar-refractivity contribution >= 4 is 11.9 Å². The normalized spacial score (nSPS) is 19.1. The molecule has 1 aliphatic heterocycles. The van der Waals surface area contributed by atoms with Gasteiger partial charge in [0.05, 0.1) is 5.41 Å². The first-order valence-corrected chi connectivity index (χ1v) is 9.52. The molecule has 0 bridgehead atoms. The first kappa shape index (κ1) is 17.8. The zero-order valence-electron chi connectivity index (χ0n) is 15.5. The Bertz CT molecular complexity index is 843. The Hall–Kier alpha value is -2.63. The zero-order valence-corrected chi connectivity index (χ0v) is 15.5. The number of aliphatic carboxylic acids is 1. The molecule has 1 amide bonds. The fourth-order valence-electron chi connectivity index (χ4n) is 3.80. The van der Waals surface area contributed by atoms with Crippen molar-refractivity contribution in [3.05, 3.63) is 41.7 Å². The standard InChI is InChI=1S/C21H24N2O4/c1-14-2-4-15(5-3-14)18-12-17(27-22-18)13-21(20(25)26)8-10-23(11-9-21)19(24)16-6-7-16/h2-5,12,16H,6-11,13H2,1H3,(H,25,26). The number of likely N-dealkylation sites (tertiary alicyclic amines) is 1. The fraction of sp³-hybridized carbons (Fsp3) is 0.476. The van der Waals surface area contributed by atoms with Gasteiger partial charge in [0.2, 0.25) is 5.91 Å². The van der Waals surface area contributed by atoms with Crippen molar-refractivity contribution in [1.82, 2.24) is 10.1 Å². The van der Waals surface area contributed by atoms with Gasteiger partial charge in [0.15, 0.2) is 0 Å². The summed E-state index contributed by atoms with van der Waals surface area (Å²) in [6.45, 7) is 3.02. The van der Waals surface area contributed by atoms with Gasteiger partial charge in [-0.25, -0.2) is 0 Å². The lowest BCUT2D eigenvalue weighted by atomic mass is 9.75. The minimum Gasteiger partial charge on any atom is -0.481 e. The number of benzene rings is 1. The monoisotopic (exact) mass is 368 g/mol. The molecular formula is C21H24N2O4. The van der Waals surface area contributed by atoms with Gasteiger partial charge in [-0.1, -0.05) is 35.0 Å². The predicted octanol–water partition coefficient (Wildman–Crippen LogP) is 3.30. The van der Waals surface area contributed by atoms with Gasteiger partial charge >= 0.3 is 5.97 Å². The third kappa shape index (κ3) is 3.61. The van der Waals surface area contributed by atoms with E-state index in [2.05, 4.69) is 5.16 Å². The molecule has 1 aromatic carbocycles. The summed E-state index contributed by atoms with van der Waals surface area (Å²) in [4.78, 5) is 26.1. The van der Waals surface area contributed by atoms with E-state index in [-0.39, 0.29) is 11.8 Å². The van der Waals surface area contributed by atoms with Gasteiger partial charge in [0.25, 0.3) is 0 Å². The Kier molecular flexibility index (Phi) is 4.50. The summed E-state index contributed by atoms with van der Waals surface area (Å²) in [6, 6.07) is 9.80. The Labute approximate surface area is 158 Å². The Morgan fingerprint density at radius 2 is 1.89 bits per heavy atom. The lowest BCUT2D eigenvalue weighted by Crippen LogP contribution is -2.48. The highest BCUT2D eigenvalue weighted by Crippen LogP contribution is 2.39. The molecule has 0 spiro atoms. The van der Waals surface area contributed by atoms with Gasteiger partial charge in [-0.15, -0.1) is 0 Å². The summed E-state index contributed by atoms with van der Waals surface area (Å²) < 4.78 is 5.46. The lowest BCUT2D eigenvalue weighted by molar-refractivity contribution is -0.154. The molecule has 6 heteroatoms. The van der Waals surface area contributed by atoms with Crippen molar-refractivity contribution in [2.45, 2.75) is 39.0 Å². The van der Waals surface area contributed by atoms with Crippen molar-refractivity contribution in [3.63, 3.8) is 0 Å². The van der Waals surface area contributed by atoms with Gasteiger partial charge in [0, 0.05) is 37.1 Å². The molecule has 1 aromatic heterocycles. The topological polar surface area (TPSA) is 83.6 Å². The first-order valence-electron chi connectivity index (χ1n) is 9.52. The number of carboxylic acids is 1. The quantitative estimate of drug-likeness (QED) is 0.875. The molecule has 0 radical (unpaired) electrons. The molecule has 2 fully saturated rings. The number of nitrogens with zero attached hydrogens (tertiary/aromatic N) is 2. The van der Waals surface area contributed by atoms with Gasteiger partial charge in [0.1, 0.15) is 11.5 Å². The van der Waals surface area contributed by atoms with Crippen LogP contribution in [0.3, 0.4) is 0 Å². The molecule has 2 aliphatic rings. The number of amides is 1. The maximum Gasteiger partial charge on any atom is 0.310 e. The summed E-state index contributed by atoms with van der Waals surface area (Å²) in [6.07, 6.45) is 3.13. The van der Waals surface area contributed by atoms with Crippen LogP contribution in [0.5, 0.6) is 0 Å². The van der Waals surface area contributed by atoms with Crippen LogP contribution in [0, 0.1) is 18.3 Å². The second-order valence-corrected chi connectivity index (χ2v) is 7.91. The van der Waals surface area contributed by atoms with Crippen LogP contribution >= 0.6 is 0 Å². The van der Waals surface area contributed by atoms with E-state index in [1.165, 1.54) is 5.56 Å². The minimum absolute atomic E-state index is 0.175. The second kappa shape index (κ2) is 6.83. The predicted molar refractivity (Wildman–Crippen MR) is 99.0 cm³/mol. The number of hydrogen-bond donors (Lipinski definition) is 1. The number of piperidine rings is 1. The highest BCUT2D eigenvalue weighted by molar-refractivity contribution is 5.82. The summed E-state index contributed by atoms with van der Waals surface area (Å²) in [5, 5.41) is 14.0. The van der Waals surface area contributed by atoms with Crippen LogP contribution < -0.4 is 0 Å². The van der Waals surface area contributed by atoms with Crippen molar-refractivity contribution in [2.24, 2.45) is 11.3 Å². The molecule has 0 atom stereocenters. The van der Waals surface area contributed by atoms with E-state index >= 15 is 0 Å². The summed E-state index contributed by atoms with van der Waals surface area (Å²) in [5.74, 6) is 0.119. The Morgan fingerprint density at radius 3 is 2.48 bits per heavy atom. The first-order chi connectivity index (χ1) is 13.0. The molecule has 27 heavy (non-hydrogen) atoms. The van der Waals surface area contributed by atoms with E-state index in [4.69, 9.17) is 4.52 Å². The number of carbonyl (C=O) groups excluding carboxylic acids is 1. The number of hydrogen-bond acceptors (Lipinski definition) is 4. The smallest absolute Gasteiger partial charge is 0.310 e. The molecule has 1 saturated carbocycles. The summed E-state index contributed by atoms with van der Waals surface area (Å²) >= 11 is 0.